The summed E-state index contributed by atoms with van der Waals surface area (Å²) >= 11 is 8.12. The first kappa shape index (κ1) is 17.8. The van der Waals surface area contributed by atoms with Gasteiger partial charge < -0.3 is 9.47 Å². The molecule has 0 aliphatic carbocycles. The van der Waals surface area contributed by atoms with Gasteiger partial charge in [0.05, 0.1) is 11.7 Å². The van der Waals surface area contributed by atoms with E-state index in [-0.39, 0.29) is 12.1 Å². The van der Waals surface area contributed by atoms with Crippen molar-refractivity contribution in [3.8, 4) is 5.69 Å². The first-order valence-electron chi connectivity index (χ1n) is 9.47. The van der Waals surface area contributed by atoms with Gasteiger partial charge in [0.1, 0.15) is 6.04 Å². The van der Waals surface area contributed by atoms with Gasteiger partial charge in [-0.05, 0) is 55.0 Å². The molecule has 0 unspecified atom stereocenters. The molecule has 0 radical (unpaired) electrons. The highest BCUT2D eigenvalue weighted by Gasteiger charge is 2.44. The van der Waals surface area contributed by atoms with E-state index in [0.29, 0.717) is 5.25 Å². The Labute approximate surface area is 174 Å². The Bertz CT molecular complexity index is 1050. The number of hydrogen-bond donors (Lipinski definition) is 0. The summed E-state index contributed by atoms with van der Waals surface area (Å²) < 4.78 is 2.26. The number of aromatic nitrogens is 2. The molecule has 142 valence electrons. The third kappa shape index (κ3) is 2.93. The fraction of sp³-hybridized carbons (Fsp3) is 0.273. The van der Waals surface area contributed by atoms with Crippen LogP contribution in [0.4, 0.5) is 0 Å². The summed E-state index contributed by atoms with van der Waals surface area (Å²) in [7, 11) is 0. The van der Waals surface area contributed by atoms with Crippen LogP contribution < -0.4 is 0 Å². The number of aryl methyl sites for hydroxylation is 1. The minimum absolute atomic E-state index is 0.00162. The molecular weight excluding hydrogens is 388 g/mol. The number of pyridine rings is 1. The Balaban J connectivity index is 1.61. The van der Waals surface area contributed by atoms with E-state index < -0.39 is 0 Å². The summed E-state index contributed by atoms with van der Waals surface area (Å²) in [4.78, 5) is 12.2. The summed E-state index contributed by atoms with van der Waals surface area (Å²) in [5.74, 6) is 0. The highest BCUT2D eigenvalue weighted by molar-refractivity contribution is 8.14. The largest absolute Gasteiger partial charge is 0.339 e. The van der Waals surface area contributed by atoms with Gasteiger partial charge in [-0.2, -0.15) is 0 Å². The van der Waals surface area contributed by atoms with E-state index in [9.17, 15) is 0 Å². The topological polar surface area (TPSA) is 33.4 Å². The maximum Gasteiger partial charge on any atom is 0.160 e. The molecule has 1 fully saturated rings. The normalized spacial score (nSPS) is 23.8. The van der Waals surface area contributed by atoms with E-state index in [4.69, 9.17) is 16.6 Å². The summed E-state index contributed by atoms with van der Waals surface area (Å²) in [5, 5.41) is 2.47. The van der Waals surface area contributed by atoms with Crippen molar-refractivity contribution in [3.05, 3.63) is 82.9 Å². The number of nitrogens with zero attached hydrogens (tertiary/aromatic N) is 4. The summed E-state index contributed by atoms with van der Waals surface area (Å²) in [5.41, 5.74) is 4.44. The van der Waals surface area contributed by atoms with Crippen molar-refractivity contribution in [1.82, 2.24) is 14.5 Å². The average molecular weight is 409 g/mol. The van der Waals surface area contributed by atoms with Gasteiger partial charge in [0, 0.05) is 40.6 Å². The molecule has 6 heteroatoms. The van der Waals surface area contributed by atoms with Crippen LogP contribution in [0, 0.1) is 6.92 Å². The maximum absolute atomic E-state index is 6.25. The van der Waals surface area contributed by atoms with Gasteiger partial charge in [-0.15, -0.1) is 0 Å². The van der Waals surface area contributed by atoms with E-state index in [1.807, 2.05) is 43.1 Å². The molecule has 2 aliphatic rings. The van der Waals surface area contributed by atoms with Crippen LogP contribution in [0.5, 0.6) is 0 Å². The number of hydrogen-bond acceptors (Lipinski definition) is 4. The quantitative estimate of drug-likeness (QED) is 0.579. The van der Waals surface area contributed by atoms with Crippen molar-refractivity contribution < 1.29 is 0 Å². The Hall–Kier alpha value is -2.24. The molecule has 2 aromatic heterocycles. The minimum Gasteiger partial charge on any atom is -0.339 e. The third-order valence-electron chi connectivity index (χ3n) is 5.38. The van der Waals surface area contributed by atoms with E-state index in [1.165, 1.54) is 5.69 Å². The fourth-order valence-electron chi connectivity index (χ4n) is 4.09. The molecule has 0 N–H and O–H groups in total. The van der Waals surface area contributed by atoms with E-state index >= 15 is 0 Å². The lowest BCUT2D eigenvalue weighted by Gasteiger charge is -2.28. The first-order valence-corrected chi connectivity index (χ1v) is 10.7. The zero-order valence-corrected chi connectivity index (χ0v) is 17.4. The number of fused-ring (bicyclic) bond motifs is 1. The zero-order valence-electron chi connectivity index (χ0n) is 15.8. The van der Waals surface area contributed by atoms with Crippen LogP contribution in [0.2, 0.25) is 5.02 Å². The number of benzene rings is 1. The van der Waals surface area contributed by atoms with Crippen molar-refractivity contribution in [2.45, 2.75) is 31.2 Å². The molecule has 28 heavy (non-hydrogen) atoms. The Morgan fingerprint density at radius 2 is 2.04 bits per heavy atom. The predicted molar refractivity (Wildman–Crippen MR) is 116 cm³/mol. The number of halogens is 1. The number of rotatable bonds is 3. The van der Waals surface area contributed by atoms with Crippen LogP contribution in [0.3, 0.4) is 0 Å². The Morgan fingerprint density at radius 1 is 1.14 bits per heavy atom. The summed E-state index contributed by atoms with van der Waals surface area (Å²) in [6, 6.07) is 16.7. The average Bonchev–Trinajstić information content (AvgIpc) is 3.38. The van der Waals surface area contributed by atoms with Crippen LogP contribution >= 0.6 is 23.4 Å². The lowest BCUT2D eigenvalue weighted by Crippen LogP contribution is -2.30. The maximum atomic E-state index is 6.25. The molecule has 2 aliphatic heterocycles. The van der Waals surface area contributed by atoms with Crippen molar-refractivity contribution in [3.63, 3.8) is 0 Å². The third-order valence-corrected chi connectivity index (χ3v) is 6.91. The molecular formula is C22H21ClN4S. The molecule has 4 heterocycles. The Kier molecular flexibility index (Phi) is 4.44. The van der Waals surface area contributed by atoms with E-state index in [0.717, 1.165) is 33.7 Å². The highest BCUT2D eigenvalue weighted by atomic mass is 35.5. The van der Waals surface area contributed by atoms with Gasteiger partial charge in [-0.1, -0.05) is 36.4 Å². The molecule has 0 saturated carbocycles. The van der Waals surface area contributed by atoms with E-state index in [2.05, 4.69) is 57.9 Å². The first-order chi connectivity index (χ1) is 13.6. The van der Waals surface area contributed by atoms with Crippen molar-refractivity contribution in [2.75, 3.05) is 6.54 Å². The second-order valence-corrected chi connectivity index (χ2v) is 9.19. The highest BCUT2D eigenvalue weighted by Crippen LogP contribution is 2.47. The van der Waals surface area contributed by atoms with Crippen LogP contribution in [0.15, 0.2) is 65.9 Å². The number of amidine groups is 1. The van der Waals surface area contributed by atoms with Crippen LogP contribution in [-0.2, 0) is 0 Å². The molecule has 5 rings (SSSR count). The van der Waals surface area contributed by atoms with Crippen molar-refractivity contribution in [2.24, 2.45) is 4.99 Å². The minimum atomic E-state index is -0.00162. The summed E-state index contributed by atoms with van der Waals surface area (Å²) in [6.45, 7) is 5.31. The van der Waals surface area contributed by atoms with Crippen molar-refractivity contribution >= 4 is 28.5 Å². The zero-order chi connectivity index (χ0) is 19.3. The van der Waals surface area contributed by atoms with Gasteiger partial charge in [0.15, 0.2) is 5.17 Å². The molecule has 1 aromatic carbocycles. The predicted octanol–water partition coefficient (Wildman–Crippen LogP) is 5.42. The lowest BCUT2D eigenvalue weighted by molar-refractivity contribution is 0.312. The SMILES string of the molecule is Cc1cc(-n2cccc2[C@H]2[C@@H](c3ccccn3)N=C3S[C@@H](C)CN32)ccc1Cl. The second-order valence-electron chi connectivity index (χ2n) is 7.37. The smallest absolute Gasteiger partial charge is 0.160 e. The number of aliphatic imine (C=N–C) groups is 1. The molecule has 3 aromatic rings. The summed E-state index contributed by atoms with van der Waals surface area (Å²) in [6.07, 6.45) is 3.98. The van der Waals surface area contributed by atoms with Crippen LogP contribution in [-0.4, -0.2) is 31.4 Å². The molecule has 0 amide bonds. The van der Waals surface area contributed by atoms with Gasteiger partial charge in [-0.3, -0.25) is 9.98 Å². The lowest BCUT2D eigenvalue weighted by atomic mass is 10.0. The van der Waals surface area contributed by atoms with Gasteiger partial charge in [-0.25, -0.2) is 0 Å². The van der Waals surface area contributed by atoms with Gasteiger partial charge in [0.2, 0.25) is 0 Å². The van der Waals surface area contributed by atoms with Crippen LogP contribution in [0.25, 0.3) is 5.69 Å². The number of thioether (sulfide) groups is 1. The van der Waals surface area contributed by atoms with Crippen LogP contribution in [0.1, 0.15) is 36.0 Å². The van der Waals surface area contributed by atoms with Crippen molar-refractivity contribution in [1.29, 1.82) is 0 Å². The second kappa shape index (κ2) is 6.98. The standard InChI is InChI=1S/C22H21ClN4S/c1-14-12-16(8-9-17(14)23)26-11-5-7-19(26)21-20(18-6-3-4-10-24-18)25-22-27(21)13-15(2)28-22/h3-12,15,20-21H,13H2,1-2H3/t15-,20+,21-/m0/s1. The van der Waals surface area contributed by atoms with E-state index in [1.54, 1.807) is 0 Å². The Morgan fingerprint density at radius 3 is 2.82 bits per heavy atom. The van der Waals surface area contributed by atoms with Gasteiger partial charge in [0.25, 0.3) is 0 Å². The molecule has 3 atom stereocenters. The fourth-order valence-corrected chi connectivity index (χ4v) is 5.30. The molecule has 0 spiro atoms. The molecule has 1 saturated heterocycles. The molecule has 0 bridgehead atoms. The van der Waals surface area contributed by atoms with Gasteiger partial charge >= 0.3 is 0 Å². The molecule has 4 nitrogen and oxygen atoms in total. The monoisotopic (exact) mass is 408 g/mol.